The van der Waals surface area contributed by atoms with Crippen LogP contribution >= 0.6 is 0 Å². The van der Waals surface area contributed by atoms with Gasteiger partial charge in [0.2, 0.25) is 0 Å². The van der Waals surface area contributed by atoms with Gasteiger partial charge in [-0.3, -0.25) is 4.79 Å². The van der Waals surface area contributed by atoms with E-state index in [0.717, 1.165) is 11.3 Å². The molecule has 0 bridgehead atoms. The summed E-state index contributed by atoms with van der Waals surface area (Å²) >= 11 is 0. The largest absolute Gasteiger partial charge is 0.496 e. The number of ether oxygens (including phenoxy) is 1. The zero-order chi connectivity index (χ0) is 12.7. The number of hydrogen-bond acceptors (Lipinski definition) is 3. The summed E-state index contributed by atoms with van der Waals surface area (Å²) in [6.45, 7) is 0. The minimum absolute atomic E-state index is 0.0212. The predicted octanol–water partition coefficient (Wildman–Crippen LogP) is 2.24. The van der Waals surface area contributed by atoms with E-state index in [4.69, 9.17) is 15.1 Å². The molecule has 17 heavy (non-hydrogen) atoms. The molecule has 0 saturated carbocycles. The Labute approximate surface area is 100 Å². The molecule has 4 heteroatoms. The van der Waals surface area contributed by atoms with E-state index >= 15 is 0 Å². The number of carbonyl (C=O) groups is 1. The number of nitriles is 1. The highest BCUT2D eigenvalue weighted by Crippen LogP contribution is 2.22. The number of methoxy groups -OCH3 is 1. The minimum Gasteiger partial charge on any atom is -0.496 e. The molecule has 1 aromatic rings. The minimum atomic E-state index is -0.870. The molecular formula is C13H15NO3. The standard InChI is InChI=1S/C13H15NO3/c1-17-12-5-3-2-4-11(12)8-10(9-14)6-7-13(15)16/h2-5,10H,6-8H2,1H3,(H,15,16). The molecule has 0 aliphatic heterocycles. The number of nitrogens with zero attached hydrogens (tertiary/aromatic N) is 1. The van der Waals surface area contributed by atoms with E-state index in [1.807, 2.05) is 24.3 Å². The lowest BCUT2D eigenvalue weighted by Gasteiger charge is -2.11. The molecule has 0 fully saturated rings. The van der Waals surface area contributed by atoms with E-state index in [1.165, 1.54) is 0 Å². The number of benzene rings is 1. The van der Waals surface area contributed by atoms with Crippen molar-refractivity contribution in [3.63, 3.8) is 0 Å². The van der Waals surface area contributed by atoms with Crippen LogP contribution in [0.3, 0.4) is 0 Å². The van der Waals surface area contributed by atoms with Crippen molar-refractivity contribution in [2.24, 2.45) is 5.92 Å². The van der Waals surface area contributed by atoms with Gasteiger partial charge in [0.15, 0.2) is 0 Å². The molecule has 1 aromatic carbocycles. The summed E-state index contributed by atoms with van der Waals surface area (Å²) in [7, 11) is 1.58. The Hall–Kier alpha value is -2.02. The highest BCUT2D eigenvalue weighted by atomic mass is 16.5. The van der Waals surface area contributed by atoms with E-state index in [2.05, 4.69) is 6.07 Å². The topological polar surface area (TPSA) is 70.3 Å². The van der Waals surface area contributed by atoms with Gasteiger partial charge in [0.25, 0.3) is 0 Å². The monoisotopic (exact) mass is 233 g/mol. The van der Waals surface area contributed by atoms with Gasteiger partial charge >= 0.3 is 5.97 Å². The number of hydrogen-bond donors (Lipinski definition) is 1. The Morgan fingerprint density at radius 1 is 1.53 bits per heavy atom. The normalized spacial score (nSPS) is 11.5. The van der Waals surface area contributed by atoms with E-state index < -0.39 is 5.97 Å². The van der Waals surface area contributed by atoms with Gasteiger partial charge in [0.1, 0.15) is 5.75 Å². The number of para-hydroxylation sites is 1. The third kappa shape index (κ3) is 4.15. The van der Waals surface area contributed by atoms with Crippen LogP contribution in [-0.4, -0.2) is 18.2 Å². The lowest BCUT2D eigenvalue weighted by Crippen LogP contribution is -2.06. The molecule has 90 valence electrons. The van der Waals surface area contributed by atoms with Crippen LogP contribution in [0.2, 0.25) is 0 Å². The molecule has 1 N–H and O–H groups in total. The van der Waals surface area contributed by atoms with Crippen LogP contribution in [0, 0.1) is 17.2 Å². The van der Waals surface area contributed by atoms with Crippen molar-refractivity contribution in [1.82, 2.24) is 0 Å². The number of rotatable bonds is 6. The smallest absolute Gasteiger partial charge is 0.303 e. The van der Waals surface area contributed by atoms with E-state index in [9.17, 15) is 4.79 Å². The quantitative estimate of drug-likeness (QED) is 0.818. The molecular weight excluding hydrogens is 218 g/mol. The van der Waals surface area contributed by atoms with Crippen molar-refractivity contribution >= 4 is 5.97 Å². The van der Waals surface area contributed by atoms with Gasteiger partial charge in [-0.05, 0) is 24.5 Å². The Balaban J connectivity index is 2.67. The SMILES string of the molecule is COc1ccccc1CC(C#N)CCC(=O)O. The molecule has 0 radical (unpaired) electrons. The maximum absolute atomic E-state index is 10.5. The molecule has 0 amide bonds. The highest BCUT2D eigenvalue weighted by Gasteiger charge is 2.13. The van der Waals surface area contributed by atoms with Crippen LogP contribution in [0.5, 0.6) is 5.75 Å². The predicted molar refractivity (Wildman–Crippen MR) is 62.7 cm³/mol. The molecule has 0 aliphatic carbocycles. The zero-order valence-electron chi connectivity index (χ0n) is 9.72. The zero-order valence-corrected chi connectivity index (χ0v) is 9.72. The molecule has 1 rings (SSSR count). The maximum atomic E-state index is 10.5. The summed E-state index contributed by atoms with van der Waals surface area (Å²) in [5.74, 6) is -0.421. The van der Waals surface area contributed by atoms with Crippen LogP contribution in [0.1, 0.15) is 18.4 Å². The van der Waals surface area contributed by atoms with Crippen molar-refractivity contribution in [1.29, 1.82) is 5.26 Å². The van der Waals surface area contributed by atoms with Gasteiger partial charge in [-0.15, -0.1) is 0 Å². The van der Waals surface area contributed by atoms with Gasteiger partial charge in [-0.25, -0.2) is 0 Å². The van der Waals surface area contributed by atoms with Crippen molar-refractivity contribution < 1.29 is 14.6 Å². The fraction of sp³-hybridized carbons (Fsp3) is 0.385. The first-order chi connectivity index (χ1) is 8.17. The molecule has 1 atom stereocenters. The number of carboxylic acid groups (broad SMARTS) is 1. The van der Waals surface area contributed by atoms with Gasteiger partial charge in [-0.1, -0.05) is 18.2 Å². The van der Waals surface area contributed by atoms with Crippen molar-refractivity contribution in [3.8, 4) is 11.8 Å². The summed E-state index contributed by atoms with van der Waals surface area (Å²) in [4.78, 5) is 10.5. The van der Waals surface area contributed by atoms with E-state index in [-0.39, 0.29) is 12.3 Å². The van der Waals surface area contributed by atoms with Gasteiger partial charge in [-0.2, -0.15) is 5.26 Å². The lowest BCUT2D eigenvalue weighted by atomic mass is 9.95. The summed E-state index contributed by atoms with van der Waals surface area (Å²) in [5.41, 5.74) is 0.937. The average Bonchev–Trinajstić information content (AvgIpc) is 2.34. The second-order valence-corrected chi connectivity index (χ2v) is 3.77. The highest BCUT2D eigenvalue weighted by molar-refractivity contribution is 5.66. The Kier molecular flexibility index (Phi) is 5.02. The first kappa shape index (κ1) is 13.0. The molecule has 0 saturated heterocycles. The number of aliphatic carboxylic acids is 1. The fourth-order valence-corrected chi connectivity index (χ4v) is 1.65. The second kappa shape index (κ2) is 6.54. The third-order valence-corrected chi connectivity index (χ3v) is 2.55. The van der Waals surface area contributed by atoms with Crippen LogP contribution in [0.4, 0.5) is 0 Å². The van der Waals surface area contributed by atoms with E-state index in [0.29, 0.717) is 12.8 Å². The average molecular weight is 233 g/mol. The van der Waals surface area contributed by atoms with Crippen LogP contribution in [0.15, 0.2) is 24.3 Å². The van der Waals surface area contributed by atoms with Crippen LogP contribution in [-0.2, 0) is 11.2 Å². The molecule has 0 aromatic heterocycles. The summed E-state index contributed by atoms with van der Waals surface area (Å²) in [6.07, 6.45) is 0.908. The molecule has 4 nitrogen and oxygen atoms in total. The first-order valence-electron chi connectivity index (χ1n) is 5.40. The fourth-order valence-electron chi connectivity index (χ4n) is 1.65. The summed E-state index contributed by atoms with van der Waals surface area (Å²) < 4.78 is 5.19. The lowest BCUT2D eigenvalue weighted by molar-refractivity contribution is -0.137. The van der Waals surface area contributed by atoms with Gasteiger partial charge in [0.05, 0.1) is 19.1 Å². The molecule has 0 aliphatic rings. The van der Waals surface area contributed by atoms with Crippen molar-refractivity contribution in [3.05, 3.63) is 29.8 Å². The Morgan fingerprint density at radius 3 is 2.82 bits per heavy atom. The number of carboxylic acids is 1. The molecule has 1 unspecified atom stereocenters. The maximum Gasteiger partial charge on any atom is 0.303 e. The van der Waals surface area contributed by atoms with Gasteiger partial charge in [0, 0.05) is 6.42 Å². The Bertz CT molecular complexity index is 423. The third-order valence-electron chi connectivity index (χ3n) is 2.55. The van der Waals surface area contributed by atoms with Gasteiger partial charge < -0.3 is 9.84 Å². The second-order valence-electron chi connectivity index (χ2n) is 3.77. The van der Waals surface area contributed by atoms with Crippen LogP contribution < -0.4 is 4.74 Å². The summed E-state index contributed by atoms with van der Waals surface area (Å²) in [6, 6.07) is 9.61. The van der Waals surface area contributed by atoms with Crippen molar-refractivity contribution in [2.75, 3.05) is 7.11 Å². The van der Waals surface area contributed by atoms with Crippen molar-refractivity contribution in [2.45, 2.75) is 19.3 Å². The van der Waals surface area contributed by atoms with E-state index in [1.54, 1.807) is 7.11 Å². The Morgan fingerprint density at radius 2 is 2.24 bits per heavy atom. The summed E-state index contributed by atoms with van der Waals surface area (Å²) in [5, 5.41) is 17.6. The molecule has 0 spiro atoms. The first-order valence-corrected chi connectivity index (χ1v) is 5.40. The molecule has 0 heterocycles. The van der Waals surface area contributed by atoms with Crippen LogP contribution in [0.25, 0.3) is 0 Å².